The summed E-state index contributed by atoms with van der Waals surface area (Å²) in [7, 11) is 1.56. The Labute approximate surface area is 168 Å². The molecular weight excluding hydrogens is 386 g/mol. The van der Waals surface area contributed by atoms with E-state index in [1.807, 2.05) is 32.9 Å². The van der Waals surface area contributed by atoms with E-state index in [1.54, 1.807) is 19.3 Å². The minimum atomic E-state index is -0.474. The number of carbonyl (C=O) groups is 2. The number of hydrogen-bond donors (Lipinski definition) is 0. The zero-order valence-electron chi connectivity index (χ0n) is 15.8. The molecule has 1 amide bonds. The molecule has 1 aromatic carbocycles. The fraction of sp³-hybridized carbons (Fsp3) is 0.421. The topological polar surface area (TPSA) is 65.1 Å². The zero-order chi connectivity index (χ0) is 20.0. The Bertz CT molecular complexity index is 760. The van der Waals surface area contributed by atoms with E-state index in [2.05, 4.69) is 0 Å². The molecule has 1 fully saturated rings. The highest BCUT2D eigenvalue weighted by molar-refractivity contribution is 8.26. The van der Waals surface area contributed by atoms with Crippen molar-refractivity contribution in [3.8, 4) is 11.5 Å². The summed E-state index contributed by atoms with van der Waals surface area (Å²) in [6.07, 6.45) is 1.70. The second-order valence-corrected chi connectivity index (χ2v) is 7.83. The van der Waals surface area contributed by atoms with Gasteiger partial charge in [0.1, 0.15) is 10.9 Å². The van der Waals surface area contributed by atoms with Crippen LogP contribution in [0.3, 0.4) is 0 Å². The molecule has 0 N–H and O–H groups in total. The first-order valence-corrected chi connectivity index (χ1v) is 9.80. The predicted molar refractivity (Wildman–Crippen MR) is 110 cm³/mol. The van der Waals surface area contributed by atoms with Crippen LogP contribution >= 0.6 is 24.0 Å². The first-order valence-electron chi connectivity index (χ1n) is 8.58. The minimum Gasteiger partial charge on any atom is -0.493 e. The van der Waals surface area contributed by atoms with Gasteiger partial charge in [0.15, 0.2) is 11.5 Å². The molecule has 27 heavy (non-hydrogen) atoms. The molecule has 6 nitrogen and oxygen atoms in total. The minimum absolute atomic E-state index is 0.189. The molecule has 1 aromatic rings. The number of ether oxygens (including phenoxy) is 3. The summed E-state index contributed by atoms with van der Waals surface area (Å²) in [6.45, 7) is 6.35. The molecular formula is C19H23NO5S2. The first kappa shape index (κ1) is 21.2. The number of nitrogens with zero attached hydrogens (tertiary/aromatic N) is 1. The average Bonchev–Trinajstić information content (AvgIpc) is 2.89. The number of esters is 1. The van der Waals surface area contributed by atoms with Gasteiger partial charge in [-0.3, -0.25) is 14.5 Å². The maximum Gasteiger partial charge on any atom is 0.326 e. The smallest absolute Gasteiger partial charge is 0.326 e. The second kappa shape index (κ2) is 9.75. The summed E-state index contributed by atoms with van der Waals surface area (Å²) in [5, 5.41) is 0. The number of hydrogen-bond acceptors (Lipinski definition) is 7. The quantitative estimate of drug-likeness (QED) is 0.370. The third-order valence-electron chi connectivity index (χ3n) is 3.54. The zero-order valence-corrected chi connectivity index (χ0v) is 17.4. The number of para-hydroxylation sites is 1. The summed E-state index contributed by atoms with van der Waals surface area (Å²) in [4.78, 5) is 26.3. The fourth-order valence-corrected chi connectivity index (χ4v) is 3.56. The molecule has 0 aromatic heterocycles. The van der Waals surface area contributed by atoms with Gasteiger partial charge in [0.05, 0.1) is 25.2 Å². The van der Waals surface area contributed by atoms with Gasteiger partial charge in [0, 0.05) is 5.56 Å². The van der Waals surface area contributed by atoms with E-state index in [-0.39, 0.29) is 18.4 Å². The summed E-state index contributed by atoms with van der Waals surface area (Å²) in [6, 6.07) is 5.44. The summed E-state index contributed by atoms with van der Waals surface area (Å²) >= 11 is 6.41. The highest BCUT2D eigenvalue weighted by Crippen LogP contribution is 2.37. The van der Waals surface area contributed by atoms with Crippen molar-refractivity contribution in [1.82, 2.24) is 4.90 Å². The SMILES string of the molecule is CCOc1c(/C=C2\SC(=S)N(CC(=O)OCC(C)C)C2=O)cccc1OC. The van der Waals surface area contributed by atoms with Crippen LogP contribution in [-0.4, -0.2) is 48.0 Å². The lowest BCUT2D eigenvalue weighted by molar-refractivity contribution is -0.147. The van der Waals surface area contributed by atoms with E-state index in [0.717, 1.165) is 11.8 Å². The van der Waals surface area contributed by atoms with Crippen LogP contribution in [0.2, 0.25) is 0 Å². The molecule has 146 valence electrons. The summed E-state index contributed by atoms with van der Waals surface area (Å²) < 4.78 is 16.5. The molecule has 8 heteroatoms. The molecule has 0 saturated carbocycles. The third-order valence-corrected chi connectivity index (χ3v) is 4.92. The van der Waals surface area contributed by atoms with Crippen LogP contribution in [-0.2, 0) is 14.3 Å². The lowest BCUT2D eigenvalue weighted by Gasteiger charge is -2.14. The van der Waals surface area contributed by atoms with Crippen molar-refractivity contribution in [1.29, 1.82) is 0 Å². The molecule has 1 heterocycles. The fourth-order valence-electron chi connectivity index (χ4n) is 2.32. The molecule has 0 spiro atoms. The van der Waals surface area contributed by atoms with Gasteiger partial charge in [-0.05, 0) is 25.0 Å². The number of thioether (sulfide) groups is 1. The number of methoxy groups -OCH3 is 1. The molecule has 1 aliphatic heterocycles. The number of carbonyl (C=O) groups excluding carboxylic acids is 2. The number of amides is 1. The molecule has 0 atom stereocenters. The van der Waals surface area contributed by atoms with Gasteiger partial charge in [-0.2, -0.15) is 0 Å². The first-order chi connectivity index (χ1) is 12.9. The number of rotatable bonds is 8. The van der Waals surface area contributed by atoms with Gasteiger partial charge in [0.25, 0.3) is 5.91 Å². The Kier molecular flexibility index (Phi) is 7.67. The van der Waals surface area contributed by atoms with Crippen molar-refractivity contribution in [3.63, 3.8) is 0 Å². The Hall–Kier alpha value is -2.06. The van der Waals surface area contributed by atoms with E-state index >= 15 is 0 Å². The average molecular weight is 410 g/mol. The van der Waals surface area contributed by atoms with Crippen LogP contribution in [0, 0.1) is 5.92 Å². The van der Waals surface area contributed by atoms with Crippen LogP contribution in [0.5, 0.6) is 11.5 Å². The molecule has 1 aliphatic rings. The maximum atomic E-state index is 12.7. The highest BCUT2D eigenvalue weighted by atomic mass is 32.2. The van der Waals surface area contributed by atoms with Gasteiger partial charge < -0.3 is 14.2 Å². The number of benzene rings is 1. The van der Waals surface area contributed by atoms with Crippen molar-refractivity contribution < 1.29 is 23.8 Å². The van der Waals surface area contributed by atoms with Crippen LogP contribution in [0.1, 0.15) is 26.3 Å². The number of thiocarbonyl (C=S) groups is 1. The predicted octanol–water partition coefficient (Wildman–Crippen LogP) is 3.49. The monoisotopic (exact) mass is 409 g/mol. The van der Waals surface area contributed by atoms with Crippen molar-refractivity contribution >= 4 is 46.3 Å². The van der Waals surface area contributed by atoms with E-state index < -0.39 is 5.97 Å². The Morgan fingerprint density at radius 3 is 2.74 bits per heavy atom. The van der Waals surface area contributed by atoms with Crippen molar-refractivity contribution in [2.45, 2.75) is 20.8 Å². The molecule has 0 bridgehead atoms. The second-order valence-electron chi connectivity index (χ2n) is 6.16. The molecule has 0 radical (unpaired) electrons. The maximum absolute atomic E-state index is 12.7. The van der Waals surface area contributed by atoms with Crippen molar-refractivity contribution in [2.75, 3.05) is 26.9 Å². The van der Waals surface area contributed by atoms with Gasteiger partial charge in [-0.15, -0.1) is 0 Å². The van der Waals surface area contributed by atoms with Crippen LogP contribution < -0.4 is 9.47 Å². The van der Waals surface area contributed by atoms with Crippen LogP contribution in [0.4, 0.5) is 0 Å². The van der Waals surface area contributed by atoms with E-state index in [1.165, 1.54) is 4.90 Å². The molecule has 0 aliphatic carbocycles. The van der Waals surface area contributed by atoms with E-state index in [4.69, 9.17) is 26.4 Å². The summed E-state index contributed by atoms with van der Waals surface area (Å²) in [5.74, 6) is 0.571. The van der Waals surface area contributed by atoms with E-state index in [9.17, 15) is 9.59 Å². The van der Waals surface area contributed by atoms with Crippen LogP contribution in [0.15, 0.2) is 23.1 Å². The van der Waals surface area contributed by atoms with Crippen molar-refractivity contribution in [2.24, 2.45) is 5.92 Å². The van der Waals surface area contributed by atoms with Gasteiger partial charge in [0.2, 0.25) is 0 Å². The molecule has 0 unspecified atom stereocenters. The Morgan fingerprint density at radius 2 is 2.11 bits per heavy atom. The van der Waals surface area contributed by atoms with Crippen molar-refractivity contribution in [3.05, 3.63) is 28.7 Å². The molecule has 1 saturated heterocycles. The lowest BCUT2D eigenvalue weighted by Crippen LogP contribution is -2.34. The molecule has 2 rings (SSSR count). The Morgan fingerprint density at radius 1 is 1.37 bits per heavy atom. The largest absolute Gasteiger partial charge is 0.493 e. The van der Waals surface area contributed by atoms with E-state index in [0.29, 0.717) is 39.5 Å². The Balaban J connectivity index is 2.20. The van der Waals surface area contributed by atoms with Gasteiger partial charge >= 0.3 is 5.97 Å². The third kappa shape index (κ3) is 5.46. The lowest BCUT2D eigenvalue weighted by atomic mass is 10.1. The van der Waals surface area contributed by atoms with Gasteiger partial charge in [-0.1, -0.05) is 50.0 Å². The normalized spacial score (nSPS) is 15.6. The summed E-state index contributed by atoms with van der Waals surface area (Å²) in [5.41, 5.74) is 0.707. The highest BCUT2D eigenvalue weighted by Gasteiger charge is 2.34. The van der Waals surface area contributed by atoms with Crippen LogP contribution in [0.25, 0.3) is 6.08 Å². The standard InChI is InChI=1S/C19H23NO5S2/c1-5-24-17-13(7-6-8-14(17)23-4)9-15-18(22)20(19(26)27-15)10-16(21)25-11-12(2)3/h6-9,12H,5,10-11H2,1-4H3/b15-9-. The van der Waals surface area contributed by atoms with Gasteiger partial charge in [-0.25, -0.2) is 0 Å².